The molecule has 0 spiro atoms. The zero-order chi connectivity index (χ0) is 16.7. The molecular formula is C18H22ClFN2O2. The Kier molecular flexibility index (Phi) is 4.50. The van der Waals surface area contributed by atoms with Gasteiger partial charge >= 0.3 is 0 Å². The first-order valence-corrected chi connectivity index (χ1v) is 9.05. The van der Waals surface area contributed by atoms with Crippen LogP contribution in [0.4, 0.5) is 4.39 Å². The molecule has 3 atom stereocenters. The van der Waals surface area contributed by atoms with E-state index in [4.69, 9.17) is 16.3 Å². The number of hydrogen-bond acceptors (Lipinski definition) is 3. The van der Waals surface area contributed by atoms with Gasteiger partial charge in [-0.15, -0.1) is 0 Å². The highest BCUT2D eigenvalue weighted by molar-refractivity contribution is 6.31. The summed E-state index contributed by atoms with van der Waals surface area (Å²) in [5.41, 5.74) is 0.656. The molecule has 1 aromatic carbocycles. The maximum absolute atomic E-state index is 13.1. The predicted octanol–water partition coefficient (Wildman–Crippen LogP) is 2.39. The van der Waals surface area contributed by atoms with Crippen molar-refractivity contribution in [3.63, 3.8) is 0 Å². The number of nitrogens with one attached hydrogen (secondary N) is 1. The van der Waals surface area contributed by atoms with Gasteiger partial charge in [-0.2, -0.15) is 0 Å². The van der Waals surface area contributed by atoms with Crippen LogP contribution in [0.25, 0.3) is 0 Å². The Morgan fingerprint density at radius 3 is 2.96 bits per heavy atom. The predicted molar refractivity (Wildman–Crippen MR) is 89.5 cm³/mol. The van der Waals surface area contributed by atoms with E-state index in [2.05, 4.69) is 10.2 Å². The molecule has 1 amide bonds. The van der Waals surface area contributed by atoms with Crippen LogP contribution < -0.4 is 5.32 Å². The molecule has 0 aromatic heterocycles. The van der Waals surface area contributed by atoms with Gasteiger partial charge in [-0.3, -0.25) is 9.69 Å². The molecule has 0 bridgehead atoms. The highest BCUT2D eigenvalue weighted by Gasteiger charge is 2.42. The Labute approximate surface area is 146 Å². The smallest absolute Gasteiger partial charge is 0.224 e. The van der Waals surface area contributed by atoms with Crippen LogP contribution in [-0.4, -0.2) is 48.7 Å². The van der Waals surface area contributed by atoms with Gasteiger partial charge in [0.15, 0.2) is 0 Å². The summed E-state index contributed by atoms with van der Waals surface area (Å²) in [6.07, 6.45) is 4.08. The maximum Gasteiger partial charge on any atom is 0.224 e. The molecule has 0 unspecified atom stereocenters. The molecule has 2 saturated heterocycles. The lowest BCUT2D eigenvalue weighted by atomic mass is 10.1. The minimum absolute atomic E-state index is 0.0620. The Balaban J connectivity index is 1.30. The van der Waals surface area contributed by atoms with Gasteiger partial charge in [0, 0.05) is 30.2 Å². The first-order chi connectivity index (χ1) is 11.6. The van der Waals surface area contributed by atoms with Gasteiger partial charge in [-0.25, -0.2) is 4.39 Å². The number of benzene rings is 1. The molecular weight excluding hydrogens is 331 g/mol. The zero-order valence-corrected chi connectivity index (χ0v) is 14.3. The van der Waals surface area contributed by atoms with Crippen molar-refractivity contribution in [3.05, 3.63) is 34.6 Å². The van der Waals surface area contributed by atoms with Gasteiger partial charge < -0.3 is 10.1 Å². The van der Waals surface area contributed by atoms with E-state index in [-0.39, 0.29) is 24.2 Å². The van der Waals surface area contributed by atoms with Crippen molar-refractivity contribution in [2.45, 2.75) is 43.9 Å². The quantitative estimate of drug-likeness (QED) is 0.904. The Bertz CT molecular complexity index is 637. The van der Waals surface area contributed by atoms with E-state index in [0.29, 0.717) is 22.7 Å². The first kappa shape index (κ1) is 16.3. The van der Waals surface area contributed by atoms with Crippen LogP contribution in [0.5, 0.6) is 0 Å². The fourth-order valence-corrected chi connectivity index (χ4v) is 4.11. The summed E-state index contributed by atoms with van der Waals surface area (Å²) >= 11 is 6.00. The van der Waals surface area contributed by atoms with E-state index in [9.17, 15) is 9.18 Å². The largest absolute Gasteiger partial charge is 0.375 e. The average Bonchev–Trinajstić information content (AvgIpc) is 3.30. The van der Waals surface area contributed by atoms with Crippen molar-refractivity contribution in [2.24, 2.45) is 5.92 Å². The normalized spacial score (nSPS) is 30.2. The number of fused-ring (bicyclic) bond motifs is 1. The van der Waals surface area contributed by atoms with Crippen molar-refractivity contribution in [1.82, 2.24) is 10.2 Å². The lowest BCUT2D eigenvalue weighted by Gasteiger charge is -2.35. The van der Waals surface area contributed by atoms with E-state index >= 15 is 0 Å². The Morgan fingerprint density at radius 1 is 1.38 bits per heavy atom. The summed E-state index contributed by atoms with van der Waals surface area (Å²) in [4.78, 5) is 14.7. The Hall–Kier alpha value is -1.17. The second-order valence-electron chi connectivity index (χ2n) is 7.23. The molecule has 2 heterocycles. The number of rotatable bonds is 4. The number of nitrogens with zero attached hydrogens (tertiary/aromatic N) is 1. The second-order valence-corrected chi connectivity index (χ2v) is 7.64. The molecule has 2 aliphatic heterocycles. The molecule has 1 saturated carbocycles. The molecule has 130 valence electrons. The lowest BCUT2D eigenvalue weighted by Crippen LogP contribution is -2.47. The third-order valence-corrected chi connectivity index (χ3v) is 5.68. The Morgan fingerprint density at radius 2 is 2.21 bits per heavy atom. The number of carbonyl (C=O) groups is 1. The molecule has 1 aromatic rings. The summed E-state index contributed by atoms with van der Waals surface area (Å²) < 4.78 is 19.1. The van der Waals surface area contributed by atoms with Crippen molar-refractivity contribution in [3.8, 4) is 0 Å². The number of morpholine rings is 1. The number of hydrogen-bond donors (Lipinski definition) is 1. The van der Waals surface area contributed by atoms with Crippen LogP contribution in [0, 0.1) is 11.7 Å². The summed E-state index contributed by atoms with van der Waals surface area (Å²) in [5, 5.41) is 3.40. The first-order valence-electron chi connectivity index (χ1n) is 8.67. The third kappa shape index (κ3) is 3.58. The van der Waals surface area contributed by atoms with Crippen molar-refractivity contribution in [2.75, 3.05) is 19.7 Å². The van der Waals surface area contributed by atoms with Gasteiger partial charge in [-0.1, -0.05) is 17.7 Å². The maximum atomic E-state index is 13.1. The minimum Gasteiger partial charge on any atom is -0.375 e. The molecule has 1 aliphatic carbocycles. The highest BCUT2D eigenvalue weighted by atomic mass is 35.5. The average molecular weight is 353 g/mol. The van der Waals surface area contributed by atoms with Gasteiger partial charge in [0.25, 0.3) is 0 Å². The van der Waals surface area contributed by atoms with Crippen molar-refractivity contribution < 1.29 is 13.9 Å². The van der Waals surface area contributed by atoms with Gasteiger partial charge in [0.1, 0.15) is 5.82 Å². The van der Waals surface area contributed by atoms with Gasteiger partial charge in [-0.05, 0) is 42.9 Å². The molecule has 1 N–H and O–H groups in total. The zero-order valence-electron chi connectivity index (χ0n) is 13.5. The van der Waals surface area contributed by atoms with Crippen molar-refractivity contribution >= 4 is 17.5 Å². The minimum atomic E-state index is -0.387. The number of halogens is 2. The van der Waals surface area contributed by atoms with Gasteiger partial charge in [0.2, 0.25) is 5.91 Å². The summed E-state index contributed by atoms with van der Waals surface area (Å²) in [5.74, 6) is 0.301. The summed E-state index contributed by atoms with van der Waals surface area (Å²) in [7, 11) is 0. The molecule has 3 aliphatic rings. The van der Waals surface area contributed by atoms with Crippen LogP contribution in [0.15, 0.2) is 18.2 Å². The van der Waals surface area contributed by atoms with Crippen LogP contribution in [-0.2, 0) is 16.0 Å². The fraction of sp³-hybridized carbons (Fsp3) is 0.611. The highest BCUT2D eigenvalue weighted by Crippen LogP contribution is 2.37. The van der Waals surface area contributed by atoms with Crippen LogP contribution >= 0.6 is 11.6 Å². The second kappa shape index (κ2) is 6.62. The van der Waals surface area contributed by atoms with Crippen LogP contribution in [0.2, 0.25) is 5.02 Å². The molecule has 6 heteroatoms. The fourth-order valence-electron chi connectivity index (χ4n) is 3.87. The van der Waals surface area contributed by atoms with Crippen LogP contribution in [0.1, 0.15) is 24.8 Å². The van der Waals surface area contributed by atoms with E-state index in [1.807, 2.05) is 0 Å². The van der Waals surface area contributed by atoms with E-state index in [1.54, 1.807) is 6.07 Å². The lowest BCUT2D eigenvalue weighted by molar-refractivity contribution is -0.121. The van der Waals surface area contributed by atoms with E-state index < -0.39 is 0 Å². The summed E-state index contributed by atoms with van der Waals surface area (Å²) in [6, 6.07) is 4.72. The topological polar surface area (TPSA) is 41.6 Å². The number of carbonyl (C=O) groups excluding carboxylic acids is 1. The number of amides is 1. The van der Waals surface area contributed by atoms with E-state index in [1.165, 1.54) is 25.0 Å². The van der Waals surface area contributed by atoms with Crippen LogP contribution in [0.3, 0.4) is 0 Å². The standard InChI is InChI=1S/C18H22ClFN2O2/c19-16-6-13(20)4-3-12(16)5-18(23)21-14-7-15-10-24-17(11-1-2-11)9-22(15)8-14/h3-4,6,11,14-15,17H,1-2,5,7-10H2,(H,21,23)/t14-,15-,17+/m0/s1. The van der Waals surface area contributed by atoms with E-state index in [0.717, 1.165) is 32.0 Å². The third-order valence-electron chi connectivity index (χ3n) is 5.32. The molecule has 24 heavy (non-hydrogen) atoms. The molecule has 4 rings (SSSR count). The van der Waals surface area contributed by atoms with Crippen molar-refractivity contribution in [1.29, 1.82) is 0 Å². The molecule has 4 nitrogen and oxygen atoms in total. The molecule has 3 fully saturated rings. The van der Waals surface area contributed by atoms with Gasteiger partial charge in [0.05, 0.1) is 19.1 Å². The number of ether oxygens (including phenoxy) is 1. The monoisotopic (exact) mass is 352 g/mol. The molecule has 0 radical (unpaired) electrons. The summed E-state index contributed by atoms with van der Waals surface area (Å²) in [6.45, 7) is 2.66. The SMILES string of the molecule is O=C(Cc1ccc(F)cc1Cl)N[C@H]1C[C@H]2CO[C@@H](C3CC3)CN2C1.